The van der Waals surface area contributed by atoms with E-state index in [0.29, 0.717) is 5.02 Å². The molecule has 144 valence electrons. The highest BCUT2D eigenvalue weighted by atomic mass is 35.5. The van der Waals surface area contributed by atoms with Gasteiger partial charge in [0.15, 0.2) is 0 Å². The number of methoxy groups -OCH3 is 1. The Hall–Kier alpha value is -2.42. The number of sulfonamides is 1. The van der Waals surface area contributed by atoms with Gasteiger partial charge in [-0.15, -0.1) is 0 Å². The zero-order valence-corrected chi connectivity index (χ0v) is 16.7. The Morgan fingerprint density at radius 2 is 1.93 bits per heavy atom. The van der Waals surface area contributed by atoms with Crippen molar-refractivity contribution in [2.45, 2.75) is 11.8 Å². The molecular formula is C18H20ClN3O4S. The highest BCUT2D eigenvalue weighted by molar-refractivity contribution is 7.89. The summed E-state index contributed by atoms with van der Waals surface area (Å²) in [5.74, 6) is -0.355. The lowest BCUT2D eigenvalue weighted by molar-refractivity contribution is -0.121. The van der Waals surface area contributed by atoms with E-state index in [1.165, 1.54) is 26.4 Å². The number of hydrazone groups is 1. The molecule has 0 spiro atoms. The quantitative estimate of drug-likeness (QED) is 0.562. The number of hydrogen-bond acceptors (Lipinski definition) is 5. The molecule has 0 aliphatic rings. The third-order valence-corrected chi connectivity index (χ3v) is 5.72. The van der Waals surface area contributed by atoms with Gasteiger partial charge in [-0.3, -0.25) is 4.79 Å². The molecular weight excluding hydrogens is 390 g/mol. The molecule has 0 saturated heterocycles. The van der Waals surface area contributed by atoms with Gasteiger partial charge in [0.1, 0.15) is 10.6 Å². The van der Waals surface area contributed by atoms with Gasteiger partial charge in [-0.05, 0) is 42.3 Å². The summed E-state index contributed by atoms with van der Waals surface area (Å²) in [4.78, 5) is 12.0. The smallest absolute Gasteiger partial charge is 0.255 e. The van der Waals surface area contributed by atoms with Crippen molar-refractivity contribution in [3.8, 4) is 5.75 Å². The van der Waals surface area contributed by atoms with Gasteiger partial charge in [-0.25, -0.2) is 13.8 Å². The fourth-order valence-corrected chi connectivity index (χ4v) is 3.69. The Morgan fingerprint density at radius 1 is 1.26 bits per heavy atom. The van der Waals surface area contributed by atoms with Crippen molar-refractivity contribution in [2.24, 2.45) is 5.10 Å². The molecule has 0 unspecified atom stereocenters. The Labute approximate surface area is 163 Å². The van der Waals surface area contributed by atoms with E-state index in [1.807, 2.05) is 0 Å². The van der Waals surface area contributed by atoms with Crippen LogP contribution in [0.25, 0.3) is 0 Å². The summed E-state index contributed by atoms with van der Waals surface area (Å²) in [5, 5.41) is 4.41. The number of nitrogens with one attached hydrogen (secondary N) is 1. The number of ether oxygens (including phenoxy) is 1. The van der Waals surface area contributed by atoms with Crippen LogP contribution in [0.15, 0.2) is 52.5 Å². The molecule has 1 N–H and O–H groups in total. The van der Waals surface area contributed by atoms with Gasteiger partial charge >= 0.3 is 0 Å². The molecule has 2 aromatic rings. The molecule has 0 aliphatic heterocycles. The van der Waals surface area contributed by atoms with Crippen LogP contribution in [0.4, 0.5) is 0 Å². The molecule has 2 rings (SSSR count). The van der Waals surface area contributed by atoms with Crippen LogP contribution in [0.3, 0.4) is 0 Å². The van der Waals surface area contributed by atoms with Crippen molar-refractivity contribution < 1.29 is 17.9 Å². The normalized spacial score (nSPS) is 11.7. The number of carbonyl (C=O) groups is 1. The van der Waals surface area contributed by atoms with Crippen molar-refractivity contribution in [1.29, 1.82) is 0 Å². The van der Waals surface area contributed by atoms with Crippen LogP contribution >= 0.6 is 11.6 Å². The van der Waals surface area contributed by atoms with Crippen LogP contribution in [-0.2, 0) is 14.8 Å². The predicted octanol–water partition coefficient (Wildman–Crippen LogP) is 2.43. The molecule has 2 aromatic carbocycles. The van der Waals surface area contributed by atoms with E-state index in [9.17, 15) is 13.2 Å². The maximum Gasteiger partial charge on any atom is 0.255 e. The van der Waals surface area contributed by atoms with Crippen LogP contribution in [0.5, 0.6) is 5.75 Å². The van der Waals surface area contributed by atoms with Crippen LogP contribution in [0.1, 0.15) is 11.1 Å². The summed E-state index contributed by atoms with van der Waals surface area (Å²) in [6, 6.07) is 11.7. The Morgan fingerprint density at radius 3 is 2.56 bits per heavy atom. The number of rotatable bonds is 7. The van der Waals surface area contributed by atoms with E-state index in [-0.39, 0.29) is 10.6 Å². The average Bonchev–Trinajstić information content (AvgIpc) is 2.63. The molecule has 7 nitrogen and oxygen atoms in total. The largest absolute Gasteiger partial charge is 0.495 e. The molecule has 0 saturated carbocycles. The van der Waals surface area contributed by atoms with Gasteiger partial charge in [0.2, 0.25) is 10.0 Å². The first-order valence-corrected chi connectivity index (χ1v) is 9.74. The fraction of sp³-hybridized carbons (Fsp3) is 0.222. The number of likely N-dealkylation sites (N-methyl/N-ethyl adjacent to an activating group) is 1. The van der Waals surface area contributed by atoms with E-state index in [0.717, 1.165) is 15.4 Å². The minimum absolute atomic E-state index is 0.00460. The van der Waals surface area contributed by atoms with E-state index in [2.05, 4.69) is 10.5 Å². The molecule has 0 aliphatic carbocycles. The van der Waals surface area contributed by atoms with Gasteiger partial charge < -0.3 is 4.74 Å². The molecule has 9 heteroatoms. The molecule has 0 atom stereocenters. The lowest BCUT2D eigenvalue weighted by Gasteiger charge is -2.18. The van der Waals surface area contributed by atoms with Crippen LogP contribution in [-0.4, -0.2) is 45.5 Å². The highest BCUT2D eigenvalue weighted by Crippen LogP contribution is 2.27. The Balaban J connectivity index is 2.04. The van der Waals surface area contributed by atoms with Gasteiger partial charge in [0.25, 0.3) is 5.91 Å². The first-order chi connectivity index (χ1) is 12.7. The minimum atomic E-state index is -3.90. The van der Waals surface area contributed by atoms with Gasteiger partial charge in [0, 0.05) is 12.1 Å². The van der Waals surface area contributed by atoms with E-state index >= 15 is 0 Å². The van der Waals surface area contributed by atoms with Gasteiger partial charge in [0.05, 0.1) is 19.9 Å². The zero-order chi connectivity index (χ0) is 20.0. The molecule has 0 aromatic heterocycles. The topological polar surface area (TPSA) is 88.1 Å². The summed E-state index contributed by atoms with van der Waals surface area (Å²) < 4.78 is 31.6. The van der Waals surface area contributed by atoms with Gasteiger partial charge in [-0.1, -0.05) is 29.8 Å². The van der Waals surface area contributed by atoms with Crippen molar-refractivity contribution >= 4 is 33.7 Å². The molecule has 27 heavy (non-hydrogen) atoms. The second-order valence-corrected chi connectivity index (χ2v) is 8.21. The summed E-state index contributed by atoms with van der Waals surface area (Å²) in [5.41, 5.74) is 3.80. The maximum atomic E-state index is 12.7. The molecule has 0 radical (unpaired) electrons. The van der Waals surface area contributed by atoms with E-state index in [1.54, 1.807) is 43.3 Å². The Bertz CT molecular complexity index is 944. The summed E-state index contributed by atoms with van der Waals surface area (Å²) in [6.45, 7) is 1.38. The van der Waals surface area contributed by atoms with E-state index < -0.39 is 22.5 Å². The average molecular weight is 410 g/mol. The van der Waals surface area contributed by atoms with Crippen LogP contribution < -0.4 is 10.2 Å². The summed E-state index contributed by atoms with van der Waals surface area (Å²) in [7, 11) is -1.19. The SMILES string of the molecule is COc1ccc(C)cc1S(=O)(=O)N(C)CC(=O)N/N=C\c1ccc(Cl)cc1. The number of hydrogen-bond donors (Lipinski definition) is 1. The van der Waals surface area contributed by atoms with Crippen LogP contribution in [0, 0.1) is 6.92 Å². The summed E-state index contributed by atoms with van der Waals surface area (Å²) in [6.07, 6.45) is 1.44. The van der Waals surface area contributed by atoms with Crippen molar-refractivity contribution in [3.63, 3.8) is 0 Å². The summed E-state index contributed by atoms with van der Waals surface area (Å²) >= 11 is 5.79. The third kappa shape index (κ3) is 5.53. The third-order valence-electron chi connectivity index (χ3n) is 3.65. The fourth-order valence-electron chi connectivity index (χ4n) is 2.20. The standard InChI is InChI=1S/C18H20ClN3O4S/c1-13-4-9-16(26-3)17(10-13)27(24,25)22(2)12-18(23)21-20-11-14-5-7-15(19)8-6-14/h4-11H,12H2,1-3H3,(H,21,23)/b20-11-. The van der Waals surface area contributed by atoms with Crippen LogP contribution in [0.2, 0.25) is 5.02 Å². The lowest BCUT2D eigenvalue weighted by atomic mass is 10.2. The molecule has 0 bridgehead atoms. The number of nitrogens with zero attached hydrogens (tertiary/aromatic N) is 2. The van der Waals surface area contributed by atoms with Crippen molar-refractivity contribution in [2.75, 3.05) is 20.7 Å². The molecule has 0 heterocycles. The lowest BCUT2D eigenvalue weighted by Crippen LogP contribution is -2.36. The molecule has 1 amide bonds. The maximum absolute atomic E-state index is 12.7. The number of amides is 1. The number of halogens is 1. The predicted molar refractivity (Wildman–Crippen MR) is 105 cm³/mol. The minimum Gasteiger partial charge on any atom is -0.495 e. The number of benzene rings is 2. The molecule has 0 fully saturated rings. The van der Waals surface area contributed by atoms with Crippen molar-refractivity contribution in [3.05, 3.63) is 58.6 Å². The first kappa shape index (κ1) is 20.9. The Kier molecular flexibility index (Phi) is 6.95. The monoisotopic (exact) mass is 409 g/mol. The second kappa shape index (κ2) is 8.98. The zero-order valence-electron chi connectivity index (χ0n) is 15.1. The number of carbonyl (C=O) groups excluding carboxylic acids is 1. The second-order valence-electron chi connectivity index (χ2n) is 5.76. The number of aryl methyl sites for hydroxylation is 1. The van der Waals surface area contributed by atoms with E-state index in [4.69, 9.17) is 16.3 Å². The van der Waals surface area contributed by atoms with Gasteiger partial charge in [-0.2, -0.15) is 9.41 Å². The van der Waals surface area contributed by atoms with Crippen molar-refractivity contribution in [1.82, 2.24) is 9.73 Å². The highest BCUT2D eigenvalue weighted by Gasteiger charge is 2.26. The first-order valence-electron chi connectivity index (χ1n) is 7.92.